The molecule has 18 heavy (non-hydrogen) atoms. The Labute approximate surface area is 110 Å². The molecule has 0 atom stereocenters. The van der Waals surface area contributed by atoms with Gasteiger partial charge in [-0.3, -0.25) is 0 Å². The standard InChI is InChI=1S/C17H21N/c1-6-8-15(4)18(16(5)9-7-2)17-12-10-14(3)11-13-17/h6-13H,1,5H2,2-4H3/b9-7-,15-8+. The van der Waals surface area contributed by atoms with Gasteiger partial charge in [0.05, 0.1) is 0 Å². The van der Waals surface area contributed by atoms with Crippen LogP contribution < -0.4 is 4.90 Å². The number of nitrogens with zero attached hydrogens (tertiary/aromatic N) is 1. The summed E-state index contributed by atoms with van der Waals surface area (Å²) in [7, 11) is 0. The number of rotatable bonds is 5. The summed E-state index contributed by atoms with van der Waals surface area (Å²) in [6, 6.07) is 8.41. The molecule has 1 heteroatoms. The first-order chi connectivity index (χ1) is 8.60. The molecule has 1 aromatic carbocycles. The summed E-state index contributed by atoms with van der Waals surface area (Å²) in [4.78, 5) is 2.11. The molecule has 0 aliphatic rings. The van der Waals surface area contributed by atoms with Gasteiger partial charge < -0.3 is 4.90 Å². The van der Waals surface area contributed by atoms with E-state index in [4.69, 9.17) is 0 Å². The molecule has 0 aliphatic heterocycles. The van der Waals surface area contributed by atoms with Crippen molar-refractivity contribution in [3.8, 4) is 0 Å². The van der Waals surface area contributed by atoms with Gasteiger partial charge in [-0.05, 0) is 45.1 Å². The minimum Gasteiger partial charge on any atom is -0.315 e. The second-order valence-electron chi connectivity index (χ2n) is 4.21. The first-order valence-corrected chi connectivity index (χ1v) is 6.08. The summed E-state index contributed by atoms with van der Waals surface area (Å²) in [5.41, 5.74) is 4.40. The molecule has 0 aromatic heterocycles. The smallest absolute Gasteiger partial charge is 0.0458 e. The Morgan fingerprint density at radius 1 is 1.22 bits per heavy atom. The minimum atomic E-state index is 0.942. The lowest BCUT2D eigenvalue weighted by atomic mass is 10.2. The predicted octanol–water partition coefficient (Wildman–Crippen LogP) is 4.98. The molecule has 0 saturated heterocycles. The van der Waals surface area contributed by atoms with Crippen molar-refractivity contribution in [1.29, 1.82) is 0 Å². The fourth-order valence-electron chi connectivity index (χ4n) is 1.80. The summed E-state index contributed by atoms with van der Waals surface area (Å²) < 4.78 is 0. The molecular weight excluding hydrogens is 218 g/mol. The molecule has 1 aromatic rings. The molecule has 0 amide bonds. The number of hydrogen-bond acceptors (Lipinski definition) is 1. The summed E-state index contributed by atoms with van der Waals surface area (Å²) in [5, 5.41) is 0. The Morgan fingerprint density at radius 3 is 2.33 bits per heavy atom. The van der Waals surface area contributed by atoms with E-state index in [9.17, 15) is 0 Å². The minimum absolute atomic E-state index is 0.942. The highest BCUT2D eigenvalue weighted by Gasteiger charge is 2.09. The molecule has 0 aliphatic carbocycles. The van der Waals surface area contributed by atoms with Crippen LogP contribution in [0.1, 0.15) is 19.4 Å². The predicted molar refractivity (Wildman–Crippen MR) is 81.6 cm³/mol. The maximum absolute atomic E-state index is 4.11. The third-order valence-corrected chi connectivity index (χ3v) is 2.65. The Kier molecular flexibility index (Phi) is 5.19. The van der Waals surface area contributed by atoms with E-state index in [0.717, 1.165) is 17.1 Å². The zero-order valence-electron chi connectivity index (χ0n) is 11.5. The monoisotopic (exact) mass is 239 g/mol. The summed E-state index contributed by atoms with van der Waals surface area (Å²) in [6.07, 6.45) is 7.76. The van der Waals surface area contributed by atoms with Gasteiger partial charge in [-0.2, -0.15) is 0 Å². The van der Waals surface area contributed by atoms with Crippen LogP contribution in [0.15, 0.2) is 73.1 Å². The molecule has 0 unspecified atom stereocenters. The highest BCUT2D eigenvalue weighted by Crippen LogP contribution is 2.24. The van der Waals surface area contributed by atoms with Crippen LogP contribution in [0.3, 0.4) is 0 Å². The van der Waals surface area contributed by atoms with E-state index in [2.05, 4.69) is 56.2 Å². The molecule has 0 fully saturated rings. The SMILES string of the molecule is C=C/C=C(\C)N(C(=C)/C=C\C)c1ccc(C)cc1. The first-order valence-electron chi connectivity index (χ1n) is 6.08. The van der Waals surface area contributed by atoms with Crippen LogP contribution in [0.25, 0.3) is 0 Å². The van der Waals surface area contributed by atoms with Crippen molar-refractivity contribution in [3.63, 3.8) is 0 Å². The van der Waals surface area contributed by atoms with E-state index >= 15 is 0 Å². The fraction of sp³-hybridized carbons (Fsp3) is 0.176. The van der Waals surface area contributed by atoms with E-state index in [1.807, 2.05) is 25.2 Å². The van der Waals surface area contributed by atoms with Gasteiger partial charge in [0.1, 0.15) is 0 Å². The van der Waals surface area contributed by atoms with E-state index in [1.165, 1.54) is 5.56 Å². The van der Waals surface area contributed by atoms with Crippen LogP contribution in [-0.2, 0) is 0 Å². The summed E-state index contributed by atoms with van der Waals surface area (Å²) >= 11 is 0. The molecule has 1 nitrogen and oxygen atoms in total. The molecule has 1 rings (SSSR count). The Balaban J connectivity index is 3.19. The van der Waals surface area contributed by atoms with Gasteiger partial charge in [-0.15, -0.1) is 0 Å². The number of allylic oxidation sites excluding steroid dienone is 5. The highest BCUT2D eigenvalue weighted by molar-refractivity contribution is 5.60. The highest BCUT2D eigenvalue weighted by atomic mass is 15.1. The normalized spacial score (nSPS) is 11.6. The van der Waals surface area contributed by atoms with Crippen LogP contribution in [0.4, 0.5) is 5.69 Å². The second-order valence-corrected chi connectivity index (χ2v) is 4.21. The number of benzene rings is 1. The van der Waals surface area contributed by atoms with Gasteiger partial charge >= 0.3 is 0 Å². The Morgan fingerprint density at radius 2 is 1.83 bits per heavy atom. The van der Waals surface area contributed by atoms with Gasteiger partial charge in [0.25, 0.3) is 0 Å². The lowest BCUT2D eigenvalue weighted by molar-refractivity contribution is 1.10. The van der Waals surface area contributed by atoms with Crippen molar-refractivity contribution < 1.29 is 0 Å². The molecule has 94 valence electrons. The van der Waals surface area contributed by atoms with Gasteiger partial charge in [0.2, 0.25) is 0 Å². The zero-order valence-corrected chi connectivity index (χ0v) is 11.5. The third-order valence-electron chi connectivity index (χ3n) is 2.65. The van der Waals surface area contributed by atoms with Gasteiger partial charge in [0.15, 0.2) is 0 Å². The van der Waals surface area contributed by atoms with Crippen LogP contribution in [0.5, 0.6) is 0 Å². The first kappa shape index (κ1) is 14.0. The number of anilines is 1. The maximum atomic E-state index is 4.11. The second kappa shape index (κ2) is 6.65. The molecule has 0 radical (unpaired) electrons. The topological polar surface area (TPSA) is 3.24 Å². The quantitative estimate of drug-likeness (QED) is 0.655. The third kappa shape index (κ3) is 3.49. The lowest BCUT2D eigenvalue weighted by Gasteiger charge is -2.26. The molecule has 0 bridgehead atoms. The molecule has 0 heterocycles. The molecule has 0 spiro atoms. The van der Waals surface area contributed by atoms with Crippen molar-refractivity contribution in [1.82, 2.24) is 0 Å². The van der Waals surface area contributed by atoms with Crippen LogP contribution >= 0.6 is 0 Å². The van der Waals surface area contributed by atoms with E-state index in [0.29, 0.717) is 0 Å². The summed E-state index contributed by atoms with van der Waals surface area (Å²) in [5.74, 6) is 0. The van der Waals surface area contributed by atoms with E-state index < -0.39 is 0 Å². The average Bonchev–Trinajstić information content (AvgIpc) is 2.33. The van der Waals surface area contributed by atoms with E-state index in [1.54, 1.807) is 6.08 Å². The van der Waals surface area contributed by atoms with Crippen LogP contribution in [0, 0.1) is 6.92 Å². The van der Waals surface area contributed by atoms with Crippen molar-refractivity contribution in [2.75, 3.05) is 4.90 Å². The molecule has 0 saturated carbocycles. The zero-order chi connectivity index (χ0) is 13.5. The van der Waals surface area contributed by atoms with Gasteiger partial charge in [-0.1, -0.05) is 43.0 Å². The Hall–Kier alpha value is -2.02. The number of aryl methyl sites for hydroxylation is 1. The van der Waals surface area contributed by atoms with Crippen molar-refractivity contribution in [2.45, 2.75) is 20.8 Å². The number of hydrogen-bond donors (Lipinski definition) is 0. The van der Waals surface area contributed by atoms with Gasteiger partial charge in [-0.25, -0.2) is 0 Å². The van der Waals surface area contributed by atoms with Crippen LogP contribution in [-0.4, -0.2) is 0 Å². The van der Waals surface area contributed by atoms with Crippen molar-refractivity contribution in [3.05, 3.63) is 78.7 Å². The van der Waals surface area contributed by atoms with Gasteiger partial charge in [0, 0.05) is 17.1 Å². The summed E-state index contributed by atoms with van der Waals surface area (Å²) in [6.45, 7) is 14.0. The maximum Gasteiger partial charge on any atom is 0.0458 e. The van der Waals surface area contributed by atoms with E-state index in [-0.39, 0.29) is 0 Å². The molecule has 0 N–H and O–H groups in total. The van der Waals surface area contributed by atoms with Crippen LogP contribution in [0.2, 0.25) is 0 Å². The lowest BCUT2D eigenvalue weighted by Crippen LogP contribution is -2.18. The fourth-order valence-corrected chi connectivity index (χ4v) is 1.80. The Bertz CT molecular complexity index is 475. The van der Waals surface area contributed by atoms with Crippen molar-refractivity contribution in [2.24, 2.45) is 0 Å². The average molecular weight is 239 g/mol. The largest absolute Gasteiger partial charge is 0.315 e. The molecular formula is C17H21N. The van der Waals surface area contributed by atoms with Crippen molar-refractivity contribution >= 4 is 5.69 Å².